The zero-order valence-electron chi connectivity index (χ0n) is 48.3. The number of hydrogen-bond donors (Lipinski definition) is 0. The second kappa shape index (κ2) is 32.8. The van der Waals surface area contributed by atoms with E-state index in [1.807, 2.05) is 21.1 Å². The Morgan fingerprint density at radius 3 is 1.86 bits per heavy atom. The molecule has 0 N–H and O–H groups in total. The fraction of sp³-hybridized carbons (Fsp3) is 0.918. The Morgan fingerprint density at radius 2 is 1.27 bits per heavy atom. The molecule has 0 amide bonds. The molecule has 0 aliphatic heterocycles. The summed E-state index contributed by atoms with van der Waals surface area (Å²) in [7, 11) is 1.01. The number of esters is 3. The van der Waals surface area contributed by atoms with Gasteiger partial charge in [-0.3, -0.25) is 18.9 Å². The minimum atomic E-state index is -4.74. The third-order valence-electron chi connectivity index (χ3n) is 18.2. The van der Waals surface area contributed by atoms with Gasteiger partial charge >= 0.3 is 17.9 Å². The van der Waals surface area contributed by atoms with E-state index in [2.05, 4.69) is 47.6 Å². The van der Waals surface area contributed by atoms with Crippen LogP contribution in [0.2, 0.25) is 0 Å². The molecule has 4 aliphatic rings. The van der Waals surface area contributed by atoms with Gasteiger partial charge in [0.05, 0.1) is 40.6 Å². The number of phosphoric acid groups is 1. The van der Waals surface area contributed by atoms with E-state index in [4.69, 9.17) is 23.3 Å². The van der Waals surface area contributed by atoms with Crippen molar-refractivity contribution in [2.75, 3.05) is 47.5 Å². The summed E-state index contributed by atoms with van der Waals surface area (Å²) in [6, 6.07) is 0. The maximum Gasteiger partial charge on any atom is 0.306 e. The smallest absolute Gasteiger partial charge is 0.306 e. The number of rotatable bonds is 39. The molecular weight excluding hydrogens is 938 g/mol. The maximum absolute atomic E-state index is 13.2. The molecule has 0 heterocycles. The molecule has 10 atom stereocenters. The lowest BCUT2D eigenvalue weighted by Gasteiger charge is -2.58. The Balaban J connectivity index is 1.14. The van der Waals surface area contributed by atoms with Crippen LogP contribution in [0.15, 0.2) is 11.6 Å². The van der Waals surface area contributed by atoms with Crippen LogP contribution < -0.4 is 4.89 Å². The van der Waals surface area contributed by atoms with Crippen LogP contribution in [0.4, 0.5) is 0 Å². The van der Waals surface area contributed by atoms with Crippen LogP contribution in [0.1, 0.15) is 253 Å². The van der Waals surface area contributed by atoms with Gasteiger partial charge in [-0.05, 0) is 97.7 Å². The van der Waals surface area contributed by atoms with Crippen molar-refractivity contribution in [2.24, 2.45) is 46.3 Å². The van der Waals surface area contributed by atoms with Crippen LogP contribution >= 0.6 is 7.82 Å². The van der Waals surface area contributed by atoms with Crippen LogP contribution in [-0.4, -0.2) is 82.1 Å². The molecule has 3 saturated carbocycles. The molecule has 0 radical (unpaired) electrons. The summed E-state index contributed by atoms with van der Waals surface area (Å²) in [6.07, 6.45) is 38.1. The molecule has 4 aliphatic carbocycles. The van der Waals surface area contributed by atoms with E-state index in [1.165, 1.54) is 147 Å². The predicted molar refractivity (Wildman–Crippen MR) is 293 cm³/mol. The lowest BCUT2D eigenvalue weighted by atomic mass is 9.47. The van der Waals surface area contributed by atoms with Crippen LogP contribution in [0, 0.1) is 46.3 Å². The minimum Gasteiger partial charge on any atom is -0.756 e. The molecule has 12 heteroatoms. The second-order valence-corrected chi connectivity index (χ2v) is 27.1. The number of ether oxygens (including phenoxy) is 3. The van der Waals surface area contributed by atoms with E-state index < -0.39 is 38.4 Å². The standard InChI is InChI=1S/C61H110NO10P/c1-10-11-12-13-14-15-16-17-18-19-20-21-22-23-24-25-26-27-28-32-57(63)68-46-52(47-70-73(66,67)69-44-43-62(7,8)9)72-59(65)38-37-58(64)71-51-39-41-60(5)50(45-51)33-34-53-55-36-35-54(49(4)31-29-30-48(2)3)61(55,6)42-40-56(53)60/h33,48-49,51-56H,10-32,34-47H2,1-9H3/t49-,51+,52?,53+,54-,55+,56+,60+,61-/m1/s1. The fourth-order valence-corrected chi connectivity index (χ4v) is 14.5. The number of unbranched alkanes of at least 4 members (excludes halogenated alkanes) is 18. The van der Waals surface area contributed by atoms with E-state index in [0.717, 1.165) is 74.5 Å². The Labute approximate surface area is 446 Å². The monoisotopic (exact) mass is 1050 g/mol. The topological polar surface area (TPSA) is 137 Å². The number of quaternary nitrogens is 1. The lowest BCUT2D eigenvalue weighted by Crippen LogP contribution is -2.51. The van der Waals surface area contributed by atoms with Crippen molar-refractivity contribution in [3.05, 3.63) is 11.6 Å². The minimum absolute atomic E-state index is 0.0809. The van der Waals surface area contributed by atoms with E-state index >= 15 is 0 Å². The highest BCUT2D eigenvalue weighted by atomic mass is 31.2. The molecule has 424 valence electrons. The first-order chi connectivity index (χ1) is 34.8. The molecular formula is C61H110NO10P. The zero-order valence-corrected chi connectivity index (χ0v) is 49.2. The molecule has 0 saturated heterocycles. The van der Waals surface area contributed by atoms with E-state index in [-0.39, 0.29) is 44.0 Å². The predicted octanol–water partition coefficient (Wildman–Crippen LogP) is 15.2. The van der Waals surface area contributed by atoms with Gasteiger partial charge in [0.2, 0.25) is 0 Å². The fourth-order valence-electron chi connectivity index (χ4n) is 13.8. The Morgan fingerprint density at radius 1 is 0.685 bits per heavy atom. The van der Waals surface area contributed by atoms with Crippen molar-refractivity contribution in [3.63, 3.8) is 0 Å². The van der Waals surface area contributed by atoms with Gasteiger partial charge in [-0.25, -0.2) is 0 Å². The average molecular weight is 1050 g/mol. The van der Waals surface area contributed by atoms with Crippen LogP contribution in [-0.2, 0) is 42.2 Å². The van der Waals surface area contributed by atoms with Crippen molar-refractivity contribution in [2.45, 2.75) is 266 Å². The van der Waals surface area contributed by atoms with E-state index in [0.29, 0.717) is 28.8 Å². The highest BCUT2D eigenvalue weighted by Crippen LogP contribution is 2.67. The lowest BCUT2D eigenvalue weighted by molar-refractivity contribution is -0.870. The summed E-state index contributed by atoms with van der Waals surface area (Å²) in [5, 5.41) is 0. The summed E-state index contributed by atoms with van der Waals surface area (Å²) in [5.74, 6) is 2.95. The number of carbonyl (C=O) groups excluding carboxylic acids is 3. The van der Waals surface area contributed by atoms with Crippen LogP contribution in [0.3, 0.4) is 0 Å². The Bertz CT molecular complexity index is 1680. The van der Waals surface area contributed by atoms with Gasteiger partial charge in [0.25, 0.3) is 7.82 Å². The van der Waals surface area contributed by atoms with Crippen LogP contribution in [0.5, 0.6) is 0 Å². The van der Waals surface area contributed by atoms with Crippen molar-refractivity contribution in [3.8, 4) is 0 Å². The molecule has 0 spiro atoms. The molecule has 0 aromatic rings. The normalized spacial score (nSPS) is 26.5. The summed E-state index contributed by atoms with van der Waals surface area (Å²) < 4.78 is 40.4. The van der Waals surface area contributed by atoms with Crippen molar-refractivity contribution < 1.29 is 51.6 Å². The van der Waals surface area contributed by atoms with Gasteiger partial charge in [-0.2, -0.15) is 0 Å². The molecule has 4 rings (SSSR count). The number of phosphoric ester groups is 1. The quantitative estimate of drug-likeness (QED) is 0.0146. The van der Waals surface area contributed by atoms with Crippen molar-refractivity contribution in [1.82, 2.24) is 0 Å². The largest absolute Gasteiger partial charge is 0.756 e. The van der Waals surface area contributed by atoms with Gasteiger partial charge < -0.3 is 32.6 Å². The molecule has 0 bridgehead atoms. The Kier molecular flexibility index (Phi) is 28.7. The SMILES string of the molecule is CCCCCCCCCCCCCCCCCCCCCC(=O)OCC(COP(=O)([O-])OCC[N+](C)(C)C)OC(=O)CCC(=O)O[C@H]1CC[C@@]2(C)C(=CC[C@H]3[C@@H]4CC[C@H]([C@H](C)CCCC(C)C)[C@@]4(C)CC[C@@H]32)C1. The number of nitrogens with zero attached hydrogens (tertiary/aromatic N) is 1. The van der Waals surface area contributed by atoms with Gasteiger partial charge in [-0.1, -0.05) is 188 Å². The highest BCUT2D eigenvalue weighted by molar-refractivity contribution is 7.45. The molecule has 0 aromatic carbocycles. The average Bonchev–Trinajstić information content (AvgIpc) is 3.69. The van der Waals surface area contributed by atoms with E-state index in [9.17, 15) is 23.8 Å². The number of hydrogen-bond acceptors (Lipinski definition) is 10. The van der Waals surface area contributed by atoms with Crippen molar-refractivity contribution in [1.29, 1.82) is 0 Å². The first-order valence-corrected chi connectivity index (χ1v) is 31.9. The molecule has 0 aromatic heterocycles. The number of likely N-dealkylation sites (N-methyl/N-ethyl adjacent to an activating group) is 1. The van der Waals surface area contributed by atoms with Crippen molar-refractivity contribution >= 4 is 25.7 Å². The summed E-state index contributed by atoms with van der Waals surface area (Å²) in [4.78, 5) is 51.7. The van der Waals surface area contributed by atoms with E-state index in [1.54, 1.807) is 0 Å². The first-order valence-electron chi connectivity index (χ1n) is 30.4. The number of carbonyl (C=O) groups is 3. The molecule has 3 fully saturated rings. The number of fused-ring (bicyclic) bond motifs is 5. The van der Waals surface area contributed by atoms with Gasteiger partial charge in [0.15, 0.2) is 6.10 Å². The van der Waals surface area contributed by atoms with Gasteiger partial charge in [-0.15, -0.1) is 0 Å². The number of allylic oxidation sites excluding steroid dienone is 1. The zero-order chi connectivity index (χ0) is 53.3. The van der Waals surface area contributed by atoms with Gasteiger partial charge in [0, 0.05) is 12.8 Å². The second-order valence-electron chi connectivity index (χ2n) is 25.6. The summed E-state index contributed by atoms with van der Waals surface area (Å²) in [6.45, 7) is 14.0. The molecule has 11 nitrogen and oxygen atoms in total. The Hall–Kier alpha value is -1.78. The summed E-state index contributed by atoms with van der Waals surface area (Å²) >= 11 is 0. The van der Waals surface area contributed by atoms with Gasteiger partial charge in [0.1, 0.15) is 25.9 Å². The molecule has 73 heavy (non-hydrogen) atoms. The molecule has 2 unspecified atom stereocenters. The third kappa shape index (κ3) is 23.0. The maximum atomic E-state index is 13.2. The third-order valence-corrected chi connectivity index (χ3v) is 19.2. The summed E-state index contributed by atoms with van der Waals surface area (Å²) in [5.41, 5.74) is 2.02. The van der Waals surface area contributed by atoms with Crippen LogP contribution in [0.25, 0.3) is 0 Å². The highest BCUT2D eigenvalue weighted by Gasteiger charge is 2.59. The first kappa shape index (κ1) is 63.8.